The van der Waals surface area contributed by atoms with Crippen LogP contribution in [0.25, 0.3) is 83.3 Å². The van der Waals surface area contributed by atoms with Gasteiger partial charge in [-0.15, -0.1) is 0 Å². The van der Waals surface area contributed by atoms with E-state index in [1.54, 1.807) is 0 Å². The van der Waals surface area contributed by atoms with Gasteiger partial charge in [0, 0.05) is 33.2 Å². The largest absolute Gasteiger partial charge is 0.458 e. The molecule has 2 nitrogen and oxygen atoms in total. The molecule has 55 heavy (non-hydrogen) atoms. The predicted molar refractivity (Wildman–Crippen MR) is 226 cm³/mol. The van der Waals surface area contributed by atoms with Crippen LogP contribution in [-0.4, -0.2) is 4.57 Å². The SMILES string of the molecule is c1ccc(-c2ccc3c(c2)c2ccccc2n3-c2ccc3c(c2)-c2ccccc2C32c3ccccc3-c3c2oc(-c2ccccc2)c3-c2ccccc2)cc1. The average Bonchev–Trinajstić information content (AvgIpc) is 3.98. The number of rotatable bonds is 4. The molecule has 2 heterocycles. The first-order chi connectivity index (χ1) is 27.3. The zero-order valence-corrected chi connectivity index (χ0v) is 29.9. The molecule has 2 aromatic heterocycles. The van der Waals surface area contributed by atoms with Crippen molar-refractivity contribution in [3.05, 3.63) is 223 Å². The summed E-state index contributed by atoms with van der Waals surface area (Å²) in [6, 6.07) is 72.8. The minimum absolute atomic E-state index is 0.613. The highest BCUT2D eigenvalue weighted by Gasteiger charge is 2.55. The molecule has 0 radical (unpaired) electrons. The van der Waals surface area contributed by atoms with E-state index in [2.05, 4.69) is 205 Å². The van der Waals surface area contributed by atoms with Crippen molar-refractivity contribution >= 4 is 21.8 Å². The first kappa shape index (κ1) is 30.3. The van der Waals surface area contributed by atoms with Gasteiger partial charge in [0.1, 0.15) is 16.9 Å². The highest BCUT2D eigenvalue weighted by molar-refractivity contribution is 6.11. The Labute approximate surface area is 319 Å². The van der Waals surface area contributed by atoms with Crippen LogP contribution >= 0.6 is 0 Å². The molecule has 0 saturated carbocycles. The van der Waals surface area contributed by atoms with Gasteiger partial charge < -0.3 is 8.98 Å². The molecule has 1 unspecified atom stereocenters. The molecule has 0 aliphatic heterocycles. The lowest BCUT2D eigenvalue weighted by molar-refractivity contribution is 0.485. The van der Waals surface area contributed by atoms with E-state index in [1.165, 1.54) is 71.9 Å². The lowest BCUT2D eigenvalue weighted by Gasteiger charge is -2.28. The third kappa shape index (κ3) is 4.08. The summed E-state index contributed by atoms with van der Waals surface area (Å²) in [6.07, 6.45) is 0. The van der Waals surface area contributed by atoms with E-state index < -0.39 is 5.41 Å². The summed E-state index contributed by atoms with van der Waals surface area (Å²) in [5, 5.41) is 2.50. The average molecular weight is 700 g/mol. The number of hydrogen-bond acceptors (Lipinski definition) is 1. The van der Waals surface area contributed by atoms with Crippen LogP contribution < -0.4 is 0 Å². The lowest BCUT2D eigenvalue weighted by atomic mass is 9.73. The highest BCUT2D eigenvalue weighted by Crippen LogP contribution is 2.66. The Morgan fingerprint density at radius 3 is 1.71 bits per heavy atom. The number of benzene rings is 8. The minimum atomic E-state index is -0.613. The monoisotopic (exact) mass is 699 g/mol. The zero-order valence-electron chi connectivity index (χ0n) is 29.9. The maximum Gasteiger partial charge on any atom is 0.142 e. The lowest BCUT2D eigenvalue weighted by Crippen LogP contribution is -2.25. The van der Waals surface area contributed by atoms with Gasteiger partial charge in [0.15, 0.2) is 0 Å². The molecule has 8 aromatic carbocycles. The number of furan rings is 1. The van der Waals surface area contributed by atoms with Crippen LogP contribution in [0.2, 0.25) is 0 Å². The topological polar surface area (TPSA) is 18.1 Å². The summed E-state index contributed by atoms with van der Waals surface area (Å²) in [7, 11) is 0. The zero-order chi connectivity index (χ0) is 36.1. The molecule has 0 N–H and O–H groups in total. The summed E-state index contributed by atoms with van der Waals surface area (Å²) in [5.41, 5.74) is 17.4. The molecule has 1 spiro atoms. The van der Waals surface area contributed by atoms with Crippen LogP contribution in [0.1, 0.15) is 22.5 Å². The first-order valence-electron chi connectivity index (χ1n) is 19.0. The van der Waals surface area contributed by atoms with Gasteiger partial charge in [-0.25, -0.2) is 0 Å². The van der Waals surface area contributed by atoms with Gasteiger partial charge in [-0.3, -0.25) is 0 Å². The van der Waals surface area contributed by atoms with Crippen LogP contribution in [0.4, 0.5) is 0 Å². The Balaban J connectivity index is 1.14. The summed E-state index contributed by atoms with van der Waals surface area (Å²) >= 11 is 0. The molecule has 0 amide bonds. The highest BCUT2D eigenvalue weighted by atomic mass is 16.3. The van der Waals surface area contributed by atoms with E-state index in [0.717, 1.165) is 33.9 Å². The second kappa shape index (κ2) is 11.4. The standard InChI is InChI=1S/C53H33NO/c1-4-16-34(17-5-1)37-28-31-48-43(32-37)40-23-12-15-27-47(40)54(48)38-29-30-46-42(33-38)39-22-10-13-25-44(39)53(46)45-26-14-11-24-41(45)50-49(35-18-6-2-7-19-35)51(55-52(50)53)36-20-8-3-9-21-36/h1-33H. The van der Waals surface area contributed by atoms with E-state index in [-0.39, 0.29) is 0 Å². The van der Waals surface area contributed by atoms with Gasteiger partial charge in [0.05, 0.1) is 11.0 Å². The summed E-state index contributed by atoms with van der Waals surface area (Å²) in [4.78, 5) is 0. The molecular formula is C53H33NO. The minimum Gasteiger partial charge on any atom is -0.458 e. The second-order valence-electron chi connectivity index (χ2n) is 14.8. The van der Waals surface area contributed by atoms with Crippen LogP contribution in [0.5, 0.6) is 0 Å². The smallest absolute Gasteiger partial charge is 0.142 e. The number of nitrogens with zero attached hydrogens (tertiary/aromatic N) is 1. The summed E-state index contributed by atoms with van der Waals surface area (Å²) in [5.74, 6) is 1.91. The molecule has 0 saturated heterocycles. The van der Waals surface area contributed by atoms with E-state index in [0.29, 0.717) is 0 Å². The van der Waals surface area contributed by atoms with Crippen molar-refractivity contribution in [1.29, 1.82) is 0 Å². The molecular weight excluding hydrogens is 667 g/mol. The molecule has 0 bridgehead atoms. The molecule has 1 atom stereocenters. The molecule has 10 aromatic rings. The van der Waals surface area contributed by atoms with Crippen molar-refractivity contribution in [2.45, 2.75) is 5.41 Å². The normalized spacial score (nSPS) is 15.0. The van der Waals surface area contributed by atoms with Crippen molar-refractivity contribution in [2.75, 3.05) is 0 Å². The van der Waals surface area contributed by atoms with Crippen LogP contribution in [0, 0.1) is 0 Å². The molecule has 12 rings (SSSR count). The van der Waals surface area contributed by atoms with Crippen molar-refractivity contribution < 1.29 is 4.42 Å². The fourth-order valence-corrected chi connectivity index (χ4v) is 9.78. The Hall–Kier alpha value is -7.16. The Morgan fingerprint density at radius 2 is 0.945 bits per heavy atom. The van der Waals surface area contributed by atoms with Crippen LogP contribution in [0.15, 0.2) is 205 Å². The molecule has 256 valence electrons. The quantitative estimate of drug-likeness (QED) is 0.179. The maximum absolute atomic E-state index is 7.39. The van der Waals surface area contributed by atoms with Gasteiger partial charge in [-0.2, -0.15) is 0 Å². The Bertz CT molecular complexity index is 3130. The van der Waals surface area contributed by atoms with Crippen LogP contribution in [0.3, 0.4) is 0 Å². The first-order valence-corrected chi connectivity index (χ1v) is 19.0. The van der Waals surface area contributed by atoms with Gasteiger partial charge >= 0.3 is 0 Å². The van der Waals surface area contributed by atoms with Crippen molar-refractivity contribution in [3.63, 3.8) is 0 Å². The van der Waals surface area contributed by atoms with Crippen molar-refractivity contribution in [3.8, 4) is 61.5 Å². The Kier molecular flexibility index (Phi) is 6.29. The molecule has 2 aliphatic rings. The fraction of sp³-hybridized carbons (Fsp3) is 0.0189. The Morgan fingerprint density at radius 1 is 0.364 bits per heavy atom. The number of hydrogen-bond donors (Lipinski definition) is 0. The summed E-state index contributed by atoms with van der Waals surface area (Å²) < 4.78 is 9.83. The van der Waals surface area contributed by atoms with Crippen molar-refractivity contribution in [1.82, 2.24) is 4.57 Å². The molecule has 0 fully saturated rings. The van der Waals surface area contributed by atoms with Gasteiger partial charge in [0.2, 0.25) is 0 Å². The van der Waals surface area contributed by atoms with E-state index in [9.17, 15) is 0 Å². The second-order valence-corrected chi connectivity index (χ2v) is 14.8. The number of fused-ring (bicyclic) bond motifs is 13. The predicted octanol–water partition coefficient (Wildman–Crippen LogP) is 13.7. The van der Waals surface area contributed by atoms with E-state index >= 15 is 0 Å². The molecule has 2 heteroatoms. The third-order valence-corrected chi connectivity index (χ3v) is 12.0. The van der Waals surface area contributed by atoms with Crippen molar-refractivity contribution in [2.24, 2.45) is 0 Å². The number of para-hydroxylation sites is 1. The molecule has 2 aliphatic carbocycles. The van der Waals surface area contributed by atoms with E-state index in [4.69, 9.17) is 4.42 Å². The van der Waals surface area contributed by atoms with Crippen LogP contribution in [-0.2, 0) is 5.41 Å². The number of aromatic nitrogens is 1. The maximum atomic E-state index is 7.39. The van der Waals surface area contributed by atoms with Gasteiger partial charge in [-0.1, -0.05) is 170 Å². The third-order valence-electron chi connectivity index (χ3n) is 12.0. The van der Waals surface area contributed by atoms with Gasteiger partial charge in [-0.05, 0) is 80.4 Å². The van der Waals surface area contributed by atoms with E-state index in [1.807, 2.05) is 0 Å². The van der Waals surface area contributed by atoms with Gasteiger partial charge in [0.25, 0.3) is 0 Å². The summed E-state index contributed by atoms with van der Waals surface area (Å²) in [6.45, 7) is 0. The fourth-order valence-electron chi connectivity index (χ4n) is 9.78.